The highest BCUT2D eigenvalue weighted by Crippen LogP contribution is 2.28. The van der Waals surface area contributed by atoms with E-state index >= 15 is 0 Å². The molecule has 3 aromatic rings. The van der Waals surface area contributed by atoms with Crippen LogP contribution in [0.5, 0.6) is 5.75 Å². The van der Waals surface area contributed by atoms with Crippen molar-refractivity contribution >= 4 is 28.2 Å². The van der Waals surface area contributed by atoms with Crippen LogP contribution in [0.1, 0.15) is 17.4 Å². The highest BCUT2D eigenvalue weighted by Gasteiger charge is 2.11. The number of rotatable bonds is 5. The van der Waals surface area contributed by atoms with Gasteiger partial charge >= 0.3 is 5.97 Å². The molecule has 0 aliphatic heterocycles. The number of hydrogen-bond donors (Lipinski definition) is 2. The summed E-state index contributed by atoms with van der Waals surface area (Å²) < 4.78 is 10.3. The molecule has 0 saturated heterocycles. The summed E-state index contributed by atoms with van der Waals surface area (Å²) in [6.45, 7) is 2.14. The topological polar surface area (TPSA) is 63.4 Å². The van der Waals surface area contributed by atoms with E-state index in [1.165, 1.54) is 0 Å². The van der Waals surface area contributed by atoms with Gasteiger partial charge in [0.15, 0.2) is 0 Å². The minimum absolute atomic E-state index is 0.345. The van der Waals surface area contributed by atoms with E-state index in [1.54, 1.807) is 20.1 Å². The number of benzene rings is 2. The van der Waals surface area contributed by atoms with Gasteiger partial charge in [-0.3, -0.25) is 0 Å². The molecule has 23 heavy (non-hydrogen) atoms. The smallest absolute Gasteiger partial charge is 0.354 e. The van der Waals surface area contributed by atoms with Gasteiger partial charge in [0.2, 0.25) is 0 Å². The van der Waals surface area contributed by atoms with Crippen molar-refractivity contribution in [3.8, 4) is 5.75 Å². The highest BCUT2D eigenvalue weighted by molar-refractivity contribution is 5.95. The molecule has 0 aliphatic rings. The molecule has 0 aliphatic carbocycles. The molecule has 0 atom stereocenters. The van der Waals surface area contributed by atoms with Gasteiger partial charge in [0.1, 0.15) is 11.4 Å². The first-order valence-corrected chi connectivity index (χ1v) is 7.41. The number of fused-ring (bicyclic) bond motifs is 1. The molecule has 0 radical (unpaired) electrons. The van der Waals surface area contributed by atoms with Crippen LogP contribution >= 0.6 is 0 Å². The number of para-hydroxylation sites is 2. The van der Waals surface area contributed by atoms with Crippen LogP contribution in [0, 0.1) is 0 Å². The molecular formula is C18H18N2O3. The van der Waals surface area contributed by atoms with Gasteiger partial charge in [0.05, 0.1) is 19.4 Å². The fraction of sp³-hybridized carbons (Fsp3) is 0.167. The molecule has 0 saturated carbocycles. The zero-order valence-electron chi connectivity index (χ0n) is 13.1. The van der Waals surface area contributed by atoms with Crippen molar-refractivity contribution in [2.75, 3.05) is 19.0 Å². The van der Waals surface area contributed by atoms with Gasteiger partial charge in [0.25, 0.3) is 0 Å². The van der Waals surface area contributed by atoms with Gasteiger partial charge in [-0.15, -0.1) is 0 Å². The summed E-state index contributed by atoms with van der Waals surface area (Å²) in [4.78, 5) is 14.9. The molecule has 0 spiro atoms. The third-order valence-corrected chi connectivity index (χ3v) is 3.50. The van der Waals surface area contributed by atoms with Gasteiger partial charge in [-0.05, 0) is 37.3 Å². The Morgan fingerprint density at radius 2 is 2.00 bits per heavy atom. The third-order valence-electron chi connectivity index (χ3n) is 3.50. The van der Waals surface area contributed by atoms with E-state index in [0.717, 1.165) is 28.0 Å². The van der Waals surface area contributed by atoms with Crippen LogP contribution in [0.2, 0.25) is 0 Å². The number of hydrogen-bond acceptors (Lipinski definition) is 4. The number of nitrogens with one attached hydrogen (secondary N) is 2. The first kappa shape index (κ1) is 15.0. The Bertz CT molecular complexity index is 839. The number of esters is 1. The first-order chi connectivity index (χ1) is 11.2. The second-order valence-corrected chi connectivity index (χ2v) is 5.03. The predicted molar refractivity (Wildman–Crippen MR) is 90.5 cm³/mol. The van der Waals surface area contributed by atoms with Crippen LogP contribution in [0.25, 0.3) is 10.9 Å². The van der Waals surface area contributed by atoms with Gasteiger partial charge in [0, 0.05) is 16.6 Å². The van der Waals surface area contributed by atoms with Gasteiger partial charge in [-0.25, -0.2) is 4.79 Å². The lowest BCUT2D eigenvalue weighted by Crippen LogP contribution is -2.04. The van der Waals surface area contributed by atoms with Crippen molar-refractivity contribution in [1.82, 2.24) is 4.98 Å². The number of carbonyl (C=O) groups is 1. The van der Waals surface area contributed by atoms with Crippen LogP contribution in [0.4, 0.5) is 11.4 Å². The maximum absolute atomic E-state index is 11.8. The Morgan fingerprint density at radius 3 is 2.78 bits per heavy atom. The monoisotopic (exact) mass is 310 g/mol. The Balaban J connectivity index is 1.89. The van der Waals surface area contributed by atoms with E-state index in [4.69, 9.17) is 9.47 Å². The lowest BCUT2D eigenvalue weighted by Gasteiger charge is -2.10. The molecule has 0 bridgehead atoms. The largest absolute Gasteiger partial charge is 0.495 e. The fourth-order valence-electron chi connectivity index (χ4n) is 2.43. The minimum atomic E-state index is -0.345. The standard InChI is InChI=1S/C18H18N2O3/c1-3-23-18(21)16-10-12-8-9-13(11-15(12)20-16)19-14-6-4-5-7-17(14)22-2/h4-11,19-20H,3H2,1-2H3. The van der Waals surface area contributed by atoms with Crippen LogP contribution in [-0.4, -0.2) is 24.7 Å². The summed E-state index contributed by atoms with van der Waals surface area (Å²) in [5, 5.41) is 4.28. The van der Waals surface area contributed by atoms with Crippen molar-refractivity contribution in [3.63, 3.8) is 0 Å². The average Bonchev–Trinajstić information content (AvgIpc) is 2.99. The average molecular weight is 310 g/mol. The van der Waals surface area contributed by atoms with Gasteiger partial charge in [-0.2, -0.15) is 0 Å². The normalized spacial score (nSPS) is 10.5. The number of methoxy groups -OCH3 is 1. The summed E-state index contributed by atoms with van der Waals surface area (Å²) in [6.07, 6.45) is 0. The molecule has 2 N–H and O–H groups in total. The quantitative estimate of drug-likeness (QED) is 0.697. The van der Waals surface area contributed by atoms with E-state index in [-0.39, 0.29) is 5.97 Å². The maximum atomic E-state index is 11.8. The van der Waals surface area contributed by atoms with E-state index in [9.17, 15) is 4.79 Å². The summed E-state index contributed by atoms with van der Waals surface area (Å²) >= 11 is 0. The minimum Gasteiger partial charge on any atom is -0.495 e. The lowest BCUT2D eigenvalue weighted by atomic mass is 10.2. The molecule has 5 nitrogen and oxygen atoms in total. The number of aromatic amines is 1. The van der Waals surface area contributed by atoms with Crippen LogP contribution in [0.15, 0.2) is 48.5 Å². The Hall–Kier alpha value is -2.95. The van der Waals surface area contributed by atoms with Crippen molar-refractivity contribution in [2.45, 2.75) is 6.92 Å². The first-order valence-electron chi connectivity index (χ1n) is 7.41. The number of carbonyl (C=O) groups excluding carboxylic acids is 1. The molecule has 2 aromatic carbocycles. The van der Waals surface area contributed by atoms with Crippen LogP contribution < -0.4 is 10.1 Å². The van der Waals surface area contributed by atoms with E-state index < -0.39 is 0 Å². The van der Waals surface area contributed by atoms with E-state index in [2.05, 4.69) is 10.3 Å². The predicted octanol–water partition coefficient (Wildman–Crippen LogP) is 4.10. The third kappa shape index (κ3) is 3.13. The molecule has 1 heterocycles. The summed E-state index contributed by atoms with van der Waals surface area (Å²) in [6, 6.07) is 15.4. The molecule has 118 valence electrons. The maximum Gasteiger partial charge on any atom is 0.354 e. The molecule has 0 unspecified atom stereocenters. The van der Waals surface area contributed by atoms with E-state index in [1.807, 2.05) is 42.5 Å². The van der Waals surface area contributed by atoms with Gasteiger partial charge in [-0.1, -0.05) is 18.2 Å². The number of H-pyrrole nitrogens is 1. The zero-order valence-corrected chi connectivity index (χ0v) is 13.1. The summed E-state index contributed by atoms with van der Waals surface area (Å²) in [7, 11) is 1.64. The number of aromatic nitrogens is 1. The molecular weight excluding hydrogens is 292 g/mol. The second kappa shape index (κ2) is 6.44. The van der Waals surface area contributed by atoms with Crippen LogP contribution in [-0.2, 0) is 4.74 Å². The summed E-state index contributed by atoms with van der Waals surface area (Å²) in [5.74, 6) is 0.425. The van der Waals surface area contributed by atoms with Crippen LogP contribution in [0.3, 0.4) is 0 Å². The molecule has 0 amide bonds. The SMILES string of the molecule is CCOC(=O)c1cc2ccc(Nc3ccccc3OC)cc2[nH]1. The van der Waals surface area contributed by atoms with Crippen molar-refractivity contribution < 1.29 is 14.3 Å². The highest BCUT2D eigenvalue weighted by atomic mass is 16.5. The number of anilines is 2. The number of ether oxygens (including phenoxy) is 2. The van der Waals surface area contributed by atoms with Gasteiger partial charge < -0.3 is 19.8 Å². The zero-order chi connectivity index (χ0) is 16.2. The Morgan fingerprint density at radius 1 is 1.17 bits per heavy atom. The summed E-state index contributed by atoms with van der Waals surface area (Å²) in [5.41, 5.74) is 3.11. The van der Waals surface area contributed by atoms with E-state index in [0.29, 0.717) is 12.3 Å². The van der Waals surface area contributed by atoms with Crippen molar-refractivity contribution in [3.05, 3.63) is 54.2 Å². The molecule has 5 heteroatoms. The Labute approximate surface area is 134 Å². The fourth-order valence-corrected chi connectivity index (χ4v) is 2.43. The second-order valence-electron chi connectivity index (χ2n) is 5.03. The molecule has 3 rings (SSSR count). The molecule has 0 fully saturated rings. The lowest BCUT2D eigenvalue weighted by molar-refractivity contribution is 0.0520. The van der Waals surface area contributed by atoms with Crippen molar-refractivity contribution in [2.24, 2.45) is 0 Å². The van der Waals surface area contributed by atoms with Crippen molar-refractivity contribution in [1.29, 1.82) is 0 Å². The Kier molecular flexibility index (Phi) is 4.19. The molecule has 1 aromatic heterocycles.